The van der Waals surface area contributed by atoms with Crippen molar-refractivity contribution in [2.75, 3.05) is 7.11 Å². The molecule has 0 atom stereocenters. The Morgan fingerprint density at radius 2 is 2.14 bits per heavy atom. The number of hydrogen-bond donors (Lipinski definition) is 1. The Morgan fingerprint density at radius 1 is 1.36 bits per heavy atom. The lowest BCUT2D eigenvalue weighted by atomic mass is 10.1. The van der Waals surface area contributed by atoms with Crippen LogP contribution in [0.4, 0.5) is 0 Å². The van der Waals surface area contributed by atoms with Crippen LogP contribution in [0.25, 0.3) is 21.5 Å². The van der Waals surface area contributed by atoms with Crippen molar-refractivity contribution in [1.82, 2.24) is 20.1 Å². The third-order valence-electron chi connectivity index (χ3n) is 4.96. The molecule has 0 radical (unpaired) electrons. The lowest BCUT2D eigenvalue weighted by molar-refractivity contribution is -0.122. The highest BCUT2D eigenvalue weighted by Gasteiger charge is 2.20. The largest absolute Gasteiger partial charge is 0.497 e. The molecule has 2 aromatic heterocycles. The van der Waals surface area contributed by atoms with Crippen molar-refractivity contribution in [2.24, 2.45) is 0 Å². The molecule has 0 bridgehead atoms. The van der Waals surface area contributed by atoms with Gasteiger partial charge in [-0.15, -0.1) is 11.3 Å². The molecule has 1 N–H and O–H groups in total. The third kappa shape index (κ3) is 3.64. The SMILES string of the molecule is COc1cccc(-c2nn(CC(=O)NC3CCCC3)c(=O)c3nc(C)sc23)c1. The summed E-state index contributed by atoms with van der Waals surface area (Å²) in [5.74, 6) is 0.509. The van der Waals surface area contributed by atoms with Crippen LogP contribution in [0.5, 0.6) is 5.75 Å². The Balaban J connectivity index is 1.75. The Hall–Kier alpha value is -2.74. The van der Waals surface area contributed by atoms with E-state index in [1.165, 1.54) is 16.0 Å². The molecule has 146 valence electrons. The van der Waals surface area contributed by atoms with Crippen LogP contribution in [0.3, 0.4) is 0 Å². The number of fused-ring (bicyclic) bond motifs is 1. The number of nitrogens with zero attached hydrogens (tertiary/aromatic N) is 3. The van der Waals surface area contributed by atoms with Gasteiger partial charge >= 0.3 is 0 Å². The van der Waals surface area contributed by atoms with Gasteiger partial charge in [-0.25, -0.2) is 9.67 Å². The Labute approximate surface area is 166 Å². The van der Waals surface area contributed by atoms with Crippen LogP contribution in [0.2, 0.25) is 0 Å². The fourth-order valence-corrected chi connectivity index (χ4v) is 4.53. The second-order valence-corrected chi connectivity index (χ2v) is 8.21. The van der Waals surface area contributed by atoms with Crippen LogP contribution in [-0.4, -0.2) is 33.8 Å². The number of hydrogen-bond acceptors (Lipinski definition) is 6. The number of carbonyl (C=O) groups is 1. The molecule has 0 aliphatic heterocycles. The molecule has 1 aliphatic rings. The maximum absolute atomic E-state index is 12.9. The maximum Gasteiger partial charge on any atom is 0.294 e. The summed E-state index contributed by atoms with van der Waals surface area (Å²) in [5, 5.41) is 8.32. The molecule has 7 nitrogen and oxygen atoms in total. The summed E-state index contributed by atoms with van der Waals surface area (Å²) in [4.78, 5) is 29.7. The standard InChI is InChI=1S/C20H22N4O3S/c1-12-21-18-19(28-12)17(13-6-5-9-15(10-13)27-2)23-24(20(18)26)11-16(25)22-14-7-3-4-8-14/h5-6,9-10,14H,3-4,7-8,11H2,1-2H3,(H,22,25). The van der Waals surface area contributed by atoms with Crippen LogP contribution in [0.15, 0.2) is 29.1 Å². The van der Waals surface area contributed by atoms with Gasteiger partial charge in [-0.2, -0.15) is 5.10 Å². The van der Waals surface area contributed by atoms with Crippen LogP contribution in [0.1, 0.15) is 30.7 Å². The molecule has 0 saturated heterocycles. The first-order valence-electron chi connectivity index (χ1n) is 9.37. The quantitative estimate of drug-likeness (QED) is 0.714. The Morgan fingerprint density at radius 3 is 2.89 bits per heavy atom. The summed E-state index contributed by atoms with van der Waals surface area (Å²) in [6, 6.07) is 7.70. The van der Waals surface area contributed by atoms with E-state index in [0.29, 0.717) is 17.0 Å². The van der Waals surface area contributed by atoms with E-state index in [2.05, 4.69) is 15.4 Å². The number of ether oxygens (including phenoxy) is 1. The van der Waals surface area contributed by atoms with Gasteiger partial charge in [0.1, 0.15) is 18.0 Å². The van der Waals surface area contributed by atoms with Crippen molar-refractivity contribution in [3.63, 3.8) is 0 Å². The number of aryl methyl sites for hydroxylation is 1. The topological polar surface area (TPSA) is 86.1 Å². The van der Waals surface area contributed by atoms with Gasteiger partial charge in [-0.1, -0.05) is 25.0 Å². The van der Waals surface area contributed by atoms with Gasteiger partial charge in [0.05, 0.1) is 16.8 Å². The first kappa shape index (κ1) is 18.6. The number of carbonyl (C=O) groups excluding carboxylic acids is 1. The molecule has 8 heteroatoms. The molecule has 4 rings (SSSR count). The minimum atomic E-state index is -0.340. The van der Waals surface area contributed by atoms with Crippen molar-refractivity contribution in [1.29, 1.82) is 0 Å². The fraction of sp³-hybridized carbons (Fsp3) is 0.400. The van der Waals surface area contributed by atoms with E-state index >= 15 is 0 Å². The van der Waals surface area contributed by atoms with Crippen LogP contribution in [-0.2, 0) is 11.3 Å². The lowest BCUT2D eigenvalue weighted by Gasteiger charge is -2.13. The molecule has 3 aromatic rings. The summed E-state index contributed by atoms with van der Waals surface area (Å²) >= 11 is 1.43. The second-order valence-electron chi connectivity index (χ2n) is 7.00. The van der Waals surface area contributed by atoms with Crippen molar-refractivity contribution in [3.8, 4) is 17.0 Å². The van der Waals surface area contributed by atoms with Gasteiger partial charge in [0, 0.05) is 11.6 Å². The molecule has 28 heavy (non-hydrogen) atoms. The molecule has 1 saturated carbocycles. The van der Waals surface area contributed by atoms with E-state index in [1.807, 2.05) is 31.2 Å². The predicted molar refractivity (Wildman–Crippen MR) is 109 cm³/mol. The van der Waals surface area contributed by atoms with E-state index in [1.54, 1.807) is 7.11 Å². The third-order valence-corrected chi connectivity index (χ3v) is 5.94. The van der Waals surface area contributed by atoms with E-state index in [9.17, 15) is 9.59 Å². The highest BCUT2D eigenvalue weighted by Crippen LogP contribution is 2.31. The van der Waals surface area contributed by atoms with Crippen molar-refractivity contribution in [2.45, 2.75) is 45.2 Å². The van der Waals surface area contributed by atoms with Crippen molar-refractivity contribution in [3.05, 3.63) is 39.6 Å². The van der Waals surface area contributed by atoms with E-state index < -0.39 is 0 Å². The first-order valence-corrected chi connectivity index (χ1v) is 10.2. The number of thiazole rings is 1. The van der Waals surface area contributed by atoms with Crippen molar-refractivity contribution < 1.29 is 9.53 Å². The van der Waals surface area contributed by atoms with Gasteiger partial charge < -0.3 is 10.1 Å². The number of rotatable bonds is 5. The number of benzene rings is 1. The van der Waals surface area contributed by atoms with Gasteiger partial charge in [0.2, 0.25) is 5.91 Å². The molecule has 2 heterocycles. The highest BCUT2D eigenvalue weighted by molar-refractivity contribution is 7.19. The van der Waals surface area contributed by atoms with E-state index in [4.69, 9.17) is 4.74 Å². The zero-order chi connectivity index (χ0) is 19.7. The molecule has 1 aliphatic carbocycles. The van der Waals surface area contributed by atoms with Gasteiger partial charge in [-0.05, 0) is 31.9 Å². The van der Waals surface area contributed by atoms with E-state index in [0.717, 1.165) is 41.0 Å². The summed E-state index contributed by atoms with van der Waals surface area (Å²) in [6.07, 6.45) is 4.25. The molecule has 0 unspecified atom stereocenters. The normalized spacial score (nSPS) is 14.5. The van der Waals surface area contributed by atoms with Crippen molar-refractivity contribution >= 4 is 27.5 Å². The summed E-state index contributed by atoms with van der Waals surface area (Å²) < 4.78 is 7.26. The van der Waals surface area contributed by atoms with Gasteiger partial charge in [0.15, 0.2) is 5.52 Å². The maximum atomic E-state index is 12.9. The Bertz CT molecular complexity index is 1080. The number of nitrogens with one attached hydrogen (secondary N) is 1. The molecule has 1 amide bonds. The summed E-state index contributed by atoms with van der Waals surface area (Å²) in [7, 11) is 1.60. The first-order chi connectivity index (χ1) is 13.5. The number of amides is 1. The molecule has 0 spiro atoms. The van der Waals surface area contributed by atoms with Crippen LogP contribution in [0, 0.1) is 6.92 Å². The average molecular weight is 398 g/mol. The molecular formula is C20H22N4O3S. The van der Waals surface area contributed by atoms with Gasteiger partial charge in [-0.3, -0.25) is 9.59 Å². The zero-order valence-electron chi connectivity index (χ0n) is 15.9. The number of aromatic nitrogens is 3. The minimum absolute atomic E-state index is 0.112. The molecular weight excluding hydrogens is 376 g/mol. The second kappa shape index (κ2) is 7.71. The van der Waals surface area contributed by atoms with Crippen LogP contribution < -0.4 is 15.6 Å². The smallest absolute Gasteiger partial charge is 0.294 e. The summed E-state index contributed by atoms with van der Waals surface area (Å²) in [5.41, 5.74) is 1.46. The summed E-state index contributed by atoms with van der Waals surface area (Å²) in [6.45, 7) is 1.75. The lowest BCUT2D eigenvalue weighted by Crippen LogP contribution is -2.38. The average Bonchev–Trinajstić information content (AvgIpc) is 3.33. The van der Waals surface area contributed by atoms with Gasteiger partial charge in [0.25, 0.3) is 5.56 Å². The molecule has 1 fully saturated rings. The molecule has 1 aromatic carbocycles. The Kier molecular flexibility index (Phi) is 5.13. The zero-order valence-corrected chi connectivity index (χ0v) is 16.7. The number of methoxy groups -OCH3 is 1. The fourth-order valence-electron chi connectivity index (χ4n) is 3.61. The van der Waals surface area contributed by atoms with Crippen LogP contribution >= 0.6 is 11.3 Å². The highest BCUT2D eigenvalue weighted by atomic mass is 32.1. The van der Waals surface area contributed by atoms with E-state index in [-0.39, 0.29) is 24.1 Å². The monoisotopic (exact) mass is 398 g/mol. The predicted octanol–water partition coefficient (Wildman–Crippen LogP) is 2.90. The minimum Gasteiger partial charge on any atom is -0.497 e.